The first-order valence-electron chi connectivity index (χ1n) is 13.4. The molecule has 8 heteroatoms. The lowest BCUT2D eigenvalue weighted by Gasteiger charge is -2.25. The molecule has 3 aromatic carbocycles. The molecule has 8 nitrogen and oxygen atoms in total. The quantitative estimate of drug-likeness (QED) is 0.194. The number of para-hydroxylation sites is 2. The number of aromatic nitrogens is 1. The van der Waals surface area contributed by atoms with Gasteiger partial charge in [0, 0.05) is 22.9 Å². The lowest BCUT2D eigenvalue weighted by Crippen LogP contribution is -2.42. The Morgan fingerprint density at radius 1 is 0.927 bits per heavy atom. The van der Waals surface area contributed by atoms with Crippen molar-refractivity contribution in [1.82, 2.24) is 10.3 Å². The maximum atomic E-state index is 13.2. The number of nitrogens with zero attached hydrogens (tertiary/aromatic N) is 1. The van der Waals surface area contributed by atoms with Crippen LogP contribution >= 0.6 is 0 Å². The monoisotopic (exact) mass is 552 g/mol. The van der Waals surface area contributed by atoms with Gasteiger partial charge in [0.25, 0.3) is 0 Å². The predicted molar refractivity (Wildman–Crippen MR) is 156 cm³/mol. The number of pyridine rings is 1. The summed E-state index contributed by atoms with van der Waals surface area (Å²) >= 11 is 0. The van der Waals surface area contributed by atoms with Crippen LogP contribution in [0.3, 0.4) is 0 Å². The smallest absolute Gasteiger partial charge is 0.354 e. The van der Waals surface area contributed by atoms with Crippen molar-refractivity contribution >= 4 is 33.9 Å². The van der Waals surface area contributed by atoms with E-state index in [1.807, 2.05) is 87.5 Å². The molecule has 0 fully saturated rings. The van der Waals surface area contributed by atoms with E-state index in [0.717, 1.165) is 33.1 Å². The van der Waals surface area contributed by atoms with E-state index in [-0.39, 0.29) is 18.3 Å². The highest BCUT2D eigenvalue weighted by Crippen LogP contribution is 2.30. The van der Waals surface area contributed by atoms with Gasteiger partial charge < -0.3 is 19.0 Å². The zero-order valence-corrected chi connectivity index (χ0v) is 23.2. The summed E-state index contributed by atoms with van der Waals surface area (Å²) in [5.74, 6) is -0.813. The van der Waals surface area contributed by atoms with E-state index in [1.165, 1.54) is 6.07 Å². The highest BCUT2D eigenvalue weighted by Gasteiger charge is 2.26. The summed E-state index contributed by atoms with van der Waals surface area (Å²) < 4.78 is 17.7. The lowest BCUT2D eigenvalue weighted by atomic mass is 10.0. The molecule has 210 valence electrons. The standard InChI is InChI=1S/C33H32N2O6/c1-33(2,3)41-32(38)28(34-19-22-8-6-11-26-25-10-4-5-13-29(25)40-30(22)26)18-21-14-16-24(17-15-21)39-20-23-9-7-12-27(35-23)31(36)37/h4-17,28,34H,18-20H2,1-3H3,(H,36,37)/t28-/m0/s1. The minimum Gasteiger partial charge on any atom is -0.487 e. The fourth-order valence-corrected chi connectivity index (χ4v) is 4.58. The summed E-state index contributed by atoms with van der Waals surface area (Å²) in [5, 5.41) is 14.6. The third kappa shape index (κ3) is 6.91. The molecule has 0 aliphatic heterocycles. The zero-order valence-electron chi connectivity index (χ0n) is 23.2. The SMILES string of the molecule is CC(C)(C)OC(=O)[C@H](Cc1ccc(OCc2cccc(C(=O)O)n2)cc1)NCc1cccc2c1oc1ccccc12. The van der Waals surface area contributed by atoms with Crippen LogP contribution in [-0.4, -0.2) is 33.7 Å². The molecule has 2 N–H and O–H groups in total. The van der Waals surface area contributed by atoms with Crippen molar-refractivity contribution in [2.24, 2.45) is 0 Å². The highest BCUT2D eigenvalue weighted by atomic mass is 16.6. The Bertz CT molecular complexity index is 1680. The summed E-state index contributed by atoms with van der Waals surface area (Å²) in [6.07, 6.45) is 0.410. The van der Waals surface area contributed by atoms with Crippen LogP contribution in [0.1, 0.15) is 48.1 Å². The number of carboxylic acids is 1. The van der Waals surface area contributed by atoms with E-state index >= 15 is 0 Å². The minimum absolute atomic E-state index is 0.0290. The van der Waals surface area contributed by atoms with Crippen LogP contribution in [0.2, 0.25) is 0 Å². The van der Waals surface area contributed by atoms with Crippen molar-refractivity contribution < 1.29 is 28.6 Å². The van der Waals surface area contributed by atoms with Crippen molar-refractivity contribution in [2.45, 2.75) is 52.0 Å². The van der Waals surface area contributed by atoms with E-state index in [1.54, 1.807) is 12.1 Å². The molecule has 5 aromatic rings. The van der Waals surface area contributed by atoms with E-state index in [0.29, 0.717) is 24.4 Å². The van der Waals surface area contributed by atoms with Crippen molar-refractivity contribution in [1.29, 1.82) is 0 Å². The second-order valence-electron chi connectivity index (χ2n) is 10.8. The number of nitrogens with one attached hydrogen (secondary N) is 1. The first-order valence-corrected chi connectivity index (χ1v) is 13.4. The Labute approximate surface area is 237 Å². The number of carbonyl (C=O) groups is 2. The Kier molecular flexibility index (Phi) is 8.03. The van der Waals surface area contributed by atoms with Gasteiger partial charge in [-0.05, 0) is 63.1 Å². The average molecular weight is 553 g/mol. The molecule has 0 aliphatic rings. The number of carbonyl (C=O) groups excluding carboxylic acids is 1. The molecule has 41 heavy (non-hydrogen) atoms. The molecule has 0 spiro atoms. The lowest BCUT2D eigenvalue weighted by molar-refractivity contribution is -0.157. The summed E-state index contributed by atoms with van der Waals surface area (Å²) in [7, 11) is 0. The van der Waals surface area contributed by atoms with Crippen LogP contribution in [-0.2, 0) is 29.1 Å². The van der Waals surface area contributed by atoms with E-state index in [2.05, 4.69) is 10.3 Å². The van der Waals surface area contributed by atoms with Crippen molar-refractivity contribution in [2.75, 3.05) is 0 Å². The second-order valence-corrected chi connectivity index (χ2v) is 10.8. The Hall–Kier alpha value is -4.69. The second kappa shape index (κ2) is 11.8. The molecule has 0 radical (unpaired) electrons. The van der Waals surface area contributed by atoms with Gasteiger partial charge in [-0.25, -0.2) is 9.78 Å². The molecule has 2 aromatic heterocycles. The Morgan fingerprint density at radius 3 is 2.41 bits per heavy atom. The number of benzene rings is 3. The third-order valence-corrected chi connectivity index (χ3v) is 6.49. The number of carboxylic acid groups (broad SMARTS) is 1. The van der Waals surface area contributed by atoms with Crippen LogP contribution in [0.25, 0.3) is 21.9 Å². The van der Waals surface area contributed by atoms with Gasteiger partial charge in [-0.15, -0.1) is 0 Å². The maximum absolute atomic E-state index is 13.2. The fourth-order valence-electron chi connectivity index (χ4n) is 4.58. The van der Waals surface area contributed by atoms with Crippen molar-refractivity contribution in [3.05, 3.63) is 107 Å². The average Bonchev–Trinajstić information content (AvgIpc) is 3.33. The van der Waals surface area contributed by atoms with Crippen LogP contribution in [0, 0.1) is 0 Å². The van der Waals surface area contributed by atoms with Crippen molar-refractivity contribution in [3.8, 4) is 5.75 Å². The molecule has 1 atom stereocenters. The molecule has 0 unspecified atom stereocenters. The van der Waals surface area contributed by atoms with Gasteiger partial charge in [0.1, 0.15) is 40.9 Å². The van der Waals surface area contributed by atoms with E-state index in [9.17, 15) is 9.59 Å². The van der Waals surface area contributed by atoms with Gasteiger partial charge in [-0.1, -0.05) is 54.6 Å². The van der Waals surface area contributed by atoms with Crippen LogP contribution in [0.15, 0.2) is 89.3 Å². The highest BCUT2D eigenvalue weighted by molar-refractivity contribution is 6.05. The third-order valence-electron chi connectivity index (χ3n) is 6.49. The van der Waals surface area contributed by atoms with Gasteiger partial charge >= 0.3 is 11.9 Å². The molecule has 0 bridgehead atoms. The fraction of sp³-hybridized carbons (Fsp3) is 0.242. The number of rotatable bonds is 10. The van der Waals surface area contributed by atoms with E-state index in [4.69, 9.17) is 19.0 Å². The number of esters is 1. The minimum atomic E-state index is -1.08. The number of aromatic carboxylic acids is 1. The van der Waals surface area contributed by atoms with Gasteiger partial charge in [-0.2, -0.15) is 0 Å². The molecular weight excluding hydrogens is 520 g/mol. The Balaban J connectivity index is 1.29. The number of ether oxygens (including phenoxy) is 2. The Morgan fingerprint density at radius 2 is 1.66 bits per heavy atom. The normalized spacial score (nSPS) is 12.4. The summed E-state index contributed by atoms with van der Waals surface area (Å²) in [6, 6.07) is 25.6. The topological polar surface area (TPSA) is 111 Å². The van der Waals surface area contributed by atoms with Gasteiger partial charge in [0.2, 0.25) is 0 Å². The van der Waals surface area contributed by atoms with Gasteiger partial charge in [-0.3, -0.25) is 10.1 Å². The van der Waals surface area contributed by atoms with E-state index < -0.39 is 17.6 Å². The maximum Gasteiger partial charge on any atom is 0.354 e. The zero-order chi connectivity index (χ0) is 29.0. The van der Waals surface area contributed by atoms with Crippen LogP contribution in [0.5, 0.6) is 5.75 Å². The summed E-state index contributed by atoms with van der Waals surface area (Å²) in [4.78, 5) is 28.4. The summed E-state index contributed by atoms with van der Waals surface area (Å²) in [6.45, 7) is 6.11. The molecule has 0 saturated carbocycles. The largest absolute Gasteiger partial charge is 0.487 e. The predicted octanol–water partition coefficient (Wildman–Crippen LogP) is 6.30. The molecule has 5 rings (SSSR count). The molecule has 2 heterocycles. The number of fused-ring (bicyclic) bond motifs is 3. The molecule has 0 amide bonds. The number of hydrogen-bond acceptors (Lipinski definition) is 7. The first-order chi connectivity index (χ1) is 19.7. The van der Waals surface area contributed by atoms with Crippen LogP contribution in [0.4, 0.5) is 0 Å². The summed E-state index contributed by atoms with van der Waals surface area (Å²) in [5.41, 5.74) is 3.37. The van der Waals surface area contributed by atoms with Gasteiger partial charge in [0.15, 0.2) is 0 Å². The van der Waals surface area contributed by atoms with Gasteiger partial charge in [0.05, 0.1) is 5.69 Å². The first kappa shape index (κ1) is 27.9. The van der Waals surface area contributed by atoms with Crippen molar-refractivity contribution in [3.63, 3.8) is 0 Å². The number of furan rings is 1. The molecule has 0 aliphatic carbocycles. The molecule has 0 saturated heterocycles. The molecular formula is C33H32N2O6. The van der Waals surface area contributed by atoms with Crippen LogP contribution < -0.4 is 10.1 Å². The number of hydrogen-bond donors (Lipinski definition) is 2.